The van der Waals surface area contributed by atoms with Crippen LogP contribution < -0.4 is 5.73 Å². The lowest BCUT2D eigenvalue weighted by Gasteiger charge is -2.29. The third-order valence-corrected chi connectivity index (χ3v) is 3.40. The molecule has 1 aromatic carbocycles. The minimum Gasteiger partial charge on any atom is -0.469 e. The van der Waals surface area contributed by atoms with Crippen molar-refractivity contribution in [1.82, 2.24) is 0 Å². The molecular weight excluding hydrogens is 289 g/mol. The molecule has 17 heavy (non-hydrogen) atoms. The summed E-state index contributed by atoms with van der Waals surface area (Å²) in [6.45, 7) is 3.39. The van der Waals surface area contributed by atoms with E-state index >= 15 is 0 Å². The van der Waals surface area contributed by atoms with Gasteiger partial charge >= 0.3 is 5.97 Å². The van der Waals surface area contributed by atoms with Crippen LogP contribution in [0.3, 0.4) is 0 Å². The Bertz CT molecular complexity index is 435. The fraction of sp³-hybridized carbons (Fsp3) is 0.417. The summed E-state index contributed by atoms with van der Waals surface area (Å²) in [5.74, 6) is -0.762. The minimum absolute atomic E-state index is 0.325. The van der Waals surface area contributed by atoms with Crippen molar-refractivity contribution in [2.75, 3.05) is 7.11 Å². The van der Waals surface area contributed by atoms with Gasteiger partial charge in [0.1, 0.15) is 5.82 Å². The van der Waals surface area contributed by atoms with Gasteiger partial charge in [0, 0.05) is 6.04 Å². The second-order valence-electron chi connectivity index (χ2n) is 4.36. The SMILES string of the molecule is COC(=O)C(C)(C)[C@H](N)c1ccc(F)c(Br)c1. The smallest absolute Gasteiger partial charge is 0.313 e. The molecule has 3 nitrogen and oxygen atoms in total. The van der Waals surface area contributed by atoms with Gasteiger partial charge in [0.15, 0.2) is 0 Å². The van der Waals surface area contributed by atoms with Crippen molar-refractivity contribution < 1.29 is 13.9 Å². The molecule has 0 aliphatic carbocycles. The van der Waals surface area contributed by atoms with Crippen molar-refractivity contribution in [2.24, 2.45) is 11.1 Å². The Morgan fingerprint density at radius 2 is 2.12 bits per heavy atom. The Morgan fingerprint density at radius 3 is 2.59 bits per heavy atom. The molecule has 0 fully saturated rings. The zero-order valence-corrected chi connectivity index (χ0v) is 11.5. The number of hydrogen-bond acceptors (Lipinski definition) is 3. The number of carbonyl (C=O) groups is 1. The van der Waals surface area contributed by atoms with Gasteiger partial charge in [0.05, 0.1) is 17.0 Å². The Hall–Kier alpha value is -0.940. The van der Waals surface area contributed by atoms with Crippen LogP contribution >= 0.6 is 15.9 Å². The van der Waals surface area contributed by atoms with Crippen LogP contribution in [0, 0.1) is 11.2 Å². The number of hydrogen-bond donors (Lipinski definition) is 1. The molecule has 1 rings (SSSR count). The van der Waals surface area contributed by atoms with Crippen LogP contribution in [0.15, 0.2) is 22.7 Å². The van der Waals surface area contributed by atoms with Crippen LogP contribution in [0.2, 0.25) is 0 Å². The lowest BCUT2D eigenvalue weighted by Crippen LogP contribution is -2.37. The summed E-state index contributed by atoms with van der Waals surface area (Å²) in [7, 11) is 1.32. The van der Waals surface area contributed by atoms with Gasteiger partial charge in [-0.2, -0.15) is 0 Å². The Labute approximate surface area is 108 Å². The minimum atomic E-state index is -0.869. The number of rotatable bonds is 3. The van der Waals surface area contributed by atoms with Crippen molar-refractivity contribution in [3.05, 3.63) is 34.1 Å². The molecule has 0 saturated heterocycles. The van der Waals surface area contributed by atoms with Gasteiger partial charge in [-0.15, -0.1) is 0 Å². The fourth-order valence-electron chi connectivity index (χ4n) is 1.51. The number of halogens is 2. The Morgan fingerprint density at radius 1 is 1.53 bits per heavy atom. The molecule has 5 heteroatoms. The van der Waals surface area contributed by atoms with Crippen molar-refractivity contribution in [3.63, 3.8) is 0 Å². The highest BCUT2D eigenvalue weighted by Crippen LogP contribution is 2.33. The second kappa shape index (κ2) is 5.14. The number of ether oxygens (including phenoxy) is 1. The fourth-order valence-corrected chi connectivity index (χ4v) is 1.91. The highest BCUT2D eigenvalue weighted by atomic mass is 79.9. The van der Waals surface area contributed by atoms with E-state index in [4.69, 9.17) is 10.5 Å². The van der Waals surface area contributed by atoms with E-state index in [2.05, 4.69) is 15.9 Å². The average molecular weight is 304 g/mol. The molecule has 0 amide bonds. The molecule has 0 radical (unpaired) electrons. The Balaban J connectivity index is 3.07. The highest BCUT2D eigenvalue weighted by Gasteiger charge is 2.36. The standard InChI is InChI=1S/C12H15BrFNO2/c1-12(2,11(16)17-3)10(15)7-4-5-9(14)8(13)6-7/h4-6,10H,15H2,1-3H3/t10-/m1/s1. The molecule has 2 N–H and O–H groups in total. The van der Waals surface area contributed by atoms with Crippen LogP contribution in [0.25, 0.3) is 0 Å². The van der Waals surface area contributed by atoms with Gasteiger partial charge in [-0.1, -0.05) is 6.07 Å². The number of esters is 1. The molecule has 0 aliphatic rings. The van der Waals surface area contributed by atoms with Crippen LogP contribution in [0.5, 0.6) is 0 Å². The topological polar surface area (TPSA) is 52.3 Å². The first-order valence-electron chi connectivity index (χ1n) is 5.09. The normalized spacial score (nSPS) is 13.3. The Kier molecular flexibility index (Phi) is 4.27. The van der Waals surface area contributed by atoms with E-state index in [-0.39, 0.29) is 5.82 Å². The number of benzene rings is 1. The zero-order chi connectivity index (χ0) is 13.2. The lowest BCUT2D eigenvalue weighted by molar-refractivity contribution is -0.152. The van der Waals surface area contributed by atoms with E-state index in [0.29, 0.717) is 10.0 Å². The van der Waals surface area contributed by atoms with Crippen LogP contribution in [0.4, 0.5) is 4.39 Å². The summed E-state index contributed by atoms with van der Waals surface area (Å²) < 4.78 is 18.1. The van der Waals surface area contributed by atoms with Gasteiger partial charge in [-0.3, -0.25) is 4.79 Å². The molecule has 94 valence electrons. The van der Waals surface area contributed by atoms with Crippen LogP contribution in [-0.2, 0) is 9.53 Å². The van der Waals surface area contributed by atoms with Gasteiger partial charge in [-0.25, -0.2) is 4.39 Å². The van der Waals surface area contributed by atoms with Crippen LogP contribution in [0.1, 0.15) is 25.5 Å². The summed E-state index contributed by atoms with van der Waals surface area (Å²) in [6.07, 6.45) is 0. The quantitative estimate of drug-likeness (QED) is 0.874. The molecule has 0 spiro atoms. The molecule has 0 aliphatic heterocycles. The van der Waals surface area contributed by atoms with E-state index in [1.54, 1.807) is 26.0 Å². The monoisotopic (exact) mass is 303 g/mol. The maximum absolute atomic E-state index is 13.1. The first-order chi connectivity index (χ1) is 7.80. The number of methoxy groups -OCH3 is 1. The van der Waals surface area contributed by atoms with Crippen molar-refractivity contribution in [3.8, 4) is 0 Å². The van der Waals surface area contributed by atoms with E-state index < -0.39 is 17.4 Å². The molecule has 0 aromatic heterocycles. The molecule has 1 atom stereocenters. The summed E-state index contributed by atoms with van der Waals surface area (Å²) in [5.41, 5.74) is 5.83. The molecule has 1 aromatic rings. The van der Waals surface area contributed by atoms with E-state index in [1.165, 1.54) is 13.2 Å². The number of nitrogens with two attached hydrogens (primary N) is 1. The largest absolute Gasteiger partial charge is 0.469 e. The van der Waals surface area contributed by atoms with Gasteiger partial charge in [-0.05, 0) is 47.5 Å². The summed E-state index contributed by atoms with van der Waals surface area (Å²) in [4.78, 5) is 11.6. The van der Waals surface area contributed by atoms with Crippen molar-refractivity contribution in [2.45, 2.75) is 19.9 Å². The van der Waals surface area contributed by atoms with Gasteiger partial charge in [0.2, 0.25) is 0 Å². The van der Waals surface area contributed by atoms with E-state index in [9.17, 15) is 9.18 Å². The average Bonchev–Trinajstić information content (AvgIpc) is 2.30. The van der Waals surface area contributed by atoms with Crippen LogP contribution in [-0.4, -0.2) is 13.1 Å². The maximum atomic E-state index is 13.1. The first-order valence-corrected chi connectivity index (χ1v) is 5.89. The molecule has 0 bridgehead atoms. The molecular formula is C12H15BrFNO2. The van der Waals surface area contributed by atoms with E-state index in [0.717, 1.165) is 0 Å². The van der Waals surface area contributed by atoms with Crippen molar-refractivity contribution in [1.29, 1.82) is 0 Å². The molecule has 0 heterocycles. The summed E-state index contributed by atoms with van der Waals surface area (Å²) in [6, 6.07) is 3.89. The third kappa shape index (κ3) is 2.84. The first kappa shape index (κ1) is 14.1. The summed E-state index contributed by atoms with van der Waals surface area (Å²) >= 11 is 3.09. The molecule has 0 saturated carbocycles. The summed E-state index contributed by atoms with van der Waals surface area (Å²) in [5, 5.41) is 0. The third-order valence-electron chi connectivity index (χ3n) is 2.79. The number of carbonyl (C=O) groups excluding carboxylic acids is 1. The van der Waals surface area contributed by atoms with Gasteiger partial charge < -0.3 is 10.5 Å². The van der Waals surface area contributed by atoms with Gasteiger partial charge in [0.25, 0.3) is 0 Å². The zero-order valence-electron chi connectivity index (χ0n) is 9.96. The van der Waals surface area contributed by atoms with Crippen molar-refractivity contribution >= 4 is 21.9 Å². The molecule has 0 unspecified atom stereocenters. The maximum Gasteiger partial charge on any atom is 0.313 e. The van der Waals surface area contributed by atoms with E-state index in [1.807, 2.05) is 0 Å². The predicted octanol–water partition coefficient (Wildman–Crippen LogP) is 2.79. The predicted molar refractivity (Wildman–Crippen MR) is 66.8 cm³/mol. The highest BCUT2D eigenvalue weighted by molar-refractivity contribution is 9.10. The second-order valence-corrected chi connectivity index (χ2v) is 5.22. The lowest BCUT2D eigenvalue weighted by atomic mass is 9.81.